The predicted molar refractivity (Wildman–Crippen MR) is 64.0 cm³/mol. The molecule has 0 aromatic rings. The first-order chi connectivity index (χ1) is 8.11. The standard InChI is InChI=1S/C12H22N2O3/c1-4-7-11(15)14-9-6-5-8-10(14)12(16)13(2)17-3/h10H,4-9H2,1-3H3. The van der Waals surface area contributed by atoms with Crippen molar-refractivity contribution in [3.63, 3.8) is 0 Å². The van der Waals surface area contributed by atoms with Crippen LogP contribution in [0.2, 0.25) is 0 Å². The third kappa shape index (κ3) is 3.43. The number of amides is 2. The van der Waals surface area contributed by atoms with Crippen LogP contribution in [0.4, 0.5) is 0 Å². The van der Waals surface area contributed by atoms with Gasteiger partial charge in [-0.05, 0) is 25.7 Å². The quantitative estimate of drug-likeness (QED) is 0.696. The van der Waals surface area contributed by atoms with Gasteiger partial charge in [0.15, 0.2) is 0 Å². The summed E-state index contributed by atoms with van der Waals surface area (Å²) in [6, 6.07) is -0.340. The lowest BCUT2D eigenvalue weighted by molar-refractivity contribution is -0.177. The van der Waals surface area contributed by atoms with Crippen molar-refractivity contribution in [1.29, 1.82) is 0 Å². The molecule has 0 N–H and O–H groups in total. The minimum Gasteiger partial charge on any atom is -0.331 e. The van der Waals surface area contributed by atoms with Crippen molar-refractivity contribution < 1.29 is 14.4 Å². The first kappa shape index (κ1) is 14.0. The highest BCUT2D eigenvalue weighted by molar-refractivity contribution is 5.87. The van der Waals surface area contributed by atoms with Gasteiger partial charge in [-0.3, -0.25) is 14.4 Å². The molecule has 1 fully saturated rings. The maximum absolute atomic E-state index is 12.1. The van der Waals surface area contributed by atoms with Gasteiger partial charge in [0.2, 0.25) is 5.91 Å². The molecule has 1 saturated heterocycles. The van der Waals surface area contributed by atoms with Crippen molar-refractivity contribution in [2.24, 2.45) is 0 Å². The Morgan fingerprint density at radius 2 is 2.12 bits per heavy atom. The summed E-state index contributed by atoms with van der Waals surface area (Å²) < 4.78 is 0. The second-order valence-corrected chi connectivity index (χ2v) is 4.37. The lowest BCUT2D eigenvalue weighted by Gasteiger charge is -2.36. The van der Waals surface area contributed by atoms with E-state index >= 15 is 0 Å². The van der Waals surface area contributed by atoms with Crippen molar-refractivity contribution >= 4 is 11.8 Å². The lowest BCUT2D eigenvalue weighted by atomic mass is 10.0. The van der Waals surface area contributed by atoms with Crippen molar-refractivity contribution in [3.8, 4) is 0 Å². The number of carbonyl (C=O) groups is 2. The second kappa shape index (κ2) is 6.59. The molecule has 1 unspecified atom stereocenters. The molecule has 0 aliphatic carbocycles. The Morgan fingerprint density at radius 1 is 1.41 bits per heavy atom. The first-order valence-corrected chi connectivity index (χ1v) is 6.23. The molecule has 0 saturated carbocycles. The summed E-state index contributed by atoms with van der Waals surface area (Å²) in [5, 5.41) is 1.21. The van der Waals surface area contributed by atoms with Crippen LogP contribution < -0.4 is 0 Å². The van der Waals surface area contributed by atoms with Crippen LogP contribution in [-0.2, 0) is 14.4 Å². The highest BCUT2D eigenvalue weighted by atomic mass is 16.7. The number of nitrogens with zero attached hydrogens (tertiary/aromatic N) is 2. The number of rotatable bonds is 4. The third-order valence-electron chi connectivity index (χ3n) is 3.16. The number of hydrogen-bond donors (Lipinski definition) is 0. The predicted octanol–water partition coefficient (Wildman–Crippen LogP) is 1.19. The molecule has 17 heavy (non-hydrogen) atoms. The van der Waals surface area contributed by atoms with E-state index in [2.05, 4.69) is 0 Å². The molecule has 0 radical (unpaired) electrons. The zero-order valence-corrected chi connectivity index (χ0v) is 10.9. The number of hydroxylamine groups is 2. The maximum Gasteiger partial charge on any atom is 0.268 e. The fraction of sp³-hybridized carbons (Fsp3) is 0.833. The molecule has 2 amide bonds. The van der Waals surface area contributed by atoms with E-state index in [0.29, 0.717) is 13.0 Å². The Kier molecular flexibility index (Phi) is 5.41. The molecular weight excluding hydrogens is 220 g/mol. The van der Waals surface area contributed by atoms with Gasteiger partial charge >= 0.3 is 0 Å². The van der Waals surface area contributed by atoms with Crippen LogP contribution in [0, 0.1) is 0 Å². The Hall–Kier alpha value is -1.10. The fourth-order valence-electron chi connectivity index (χ4n) is 2.14. The van der Waals surface area contributed by atoms with Crippen molar-refractivity contribution in [3.05, 3.63) is 0 Å². The van der Waals surface area contributed by atoms with Gasteiger partial charge in [0.1, 0.15) is 6.04 Å². The number of carbonyl (C=O) groups excluding carboxylic acids is 2. The molecule has 5 heteroatoms. The first-order valence-electron chi connectivity index (χ1n) is 6.23. The Balaban J connectivity index is 2.71. The van der Waals surface area contributed by atoms with Crippen LogP contribution in [0.1, 0.15) is 39.0 Å². The smallest absolute Gasteiger partial charge is 0.268 e. The molecule has 0 bridgehead atoms. The molecule has 0 aromatic carbocycles. The van der Waals surface area contributed by atoms with Crippen LogP contribution >= 0.6 is 0 Å². The summed E-state index contributed by atoms with van der Waals surface area (Å²) in [5.41, 5.74) is 0. The van der Waals surface area contributed by atoms with E-state index in [1.165, 1.54) is 12.2 Å². The average molecular weight is 242 g/mol. The van der Waals surface area contributed by atoms with Crippen LogP contribution in [0.15, 0.2) is 0 Å². The highest BCUT2D eigenvalue weighted by Crippen LogP contribution is 2.20. The van der Waals surface area contributed by atoms with Crippen LogP contribution in [0.25, 0.3) is 0 Å². The maximum atomic E-state index is 12.1. The summed E-state index contributed by atoms with van der Waals surface area (Å²) in [6.07, 6.45) is 4.04. The number of likely N-dealkylation sites (N-methyl/N-ethyl adjacent to an activating group) is 1. The van der Waals surface area contributed by atoms with E-state index < -0.39 is 0 Å². The highest BCUT2D eigenvalue weighted by Gasteiger charge is 2.33. The van der Waals surface area contributed by atoms with Gasteiger partial charge in [0.25, 0.3) is 5.91 Å². The fourth-order valence-corrected chi connectivity index (χ4v) is 2.14. The van der Waals surface area contributed by atoms with Crippen molar-refractivity contribution in [2.45, 2.75) is 45.1 Å². The molecule has 0 spiro atoms. The van der Waals surface area contributed by atoms with Crippen LogP contribution in [-0.4, -0.2) is 48.5 Å². The molecule has 98 valence electrons. The zero-order valence-electron chi connectivity index (χ0n) is 10.9. The van der Waals surface area contributed by atoms with Gasteiger partial charge in [-0.1, -0.05) is 6.92 Å². The summed E-state index contributed by atoms with van der Waals surface area (Å²) in [4.78, 5) is 30.6. The summed E-state index contributed by atoms with van der Waals surface area (Å²) in [6.45, 7) is 2.66. The Morgan fingerprint density at radius 3 is 2.71 bits per heavy atom. The van der Waals surface area contributed by atoms with E-state index in [4.69, 9.17) is 4.84 Å². The van der Waals surface area contributed by atoms with E-state index in [1.807, 2.05) is 6.92 Å². The topological polar surface area (TPSA) is 49.9 Å². The van der Waals surface area contributed by atoms with E-state index in [9.17, 15) is 9.59 Å². The Bertz CT molecular complexity index is 281. The zero-order chi connectivity index (χ0) is 12.8. The van der Waals surface area contributed by atoms with Gasteiger partial charge in [-0.2, -0.15) is 0 Å². The van der Waals surface area contributed by atoms with E-state index in [-0.39, 0.29) is 17.9 Å². The molecule has 0 aromatic heterocycles. The van der Waals surface area contributed by atoms with Crippen LogP contribution in [0.3, 0.4) is 0 Å². The van der Waals surface area contributed by atoms with Crippen LogP contribution in [0.5, 0.6) is 0 Å². The second-order valence-electron chi connectivity index (χ2n) is 4.37. The number of piperidine rings is 1. The van der Waals surface area contributed by atoms with Crippen molar-refractivity contribution in [2.75, 3.05) is 20.7 Å². The summed E-state index contributed by atoms with van der Waals surface area (Å²) >= 11 is 0. The molecule has 1 heterocycles. The van der Waals surface area contributed by atoms with E-state index in [0.717, 1.165) is 25.7 Å². The minimum absolute atomic E-state index is 0.0788. The largest absolute Gasteiger partial charge is 0.331 e. The molecule has 1 aliphatic rings. The monoisotopic (exact) mass is 242 g/mol. The minimum atomic E-state index is -0.340. The molecule has 1 aliphatic heterocycles. The van der Waals surface area contributed by atoms with Gasteiger partial charge in [0, 0.05) is 20.0 Å². The number of likely N-dealkylation sites (tertiary alicyclic amines) is 1. The number of hydrogen-bond acceptors (Lipinski definition) is 3. The lowest BCUT2D eigenvalue weighted by Crippen LogP contribution is -2.52. The van der Waals surface area contributed by atoms with Gasteiger partial charge in [0.05, 0.1) is 7.11 Å². The Labute approximate surface area is 103 Å². The van der Waals surface area contributed by atoms with Gasteiger partial charge in [-0.25, -0.2) is 5.06 Å². The SMILES string of the molecule is CCCC(=O)N1CCCCC1C(=O)N(C)OC. The van der Waals surface area contributed by atoms with Crippen molar-refractivity contribution in [1.82, 2.24) is 9.96 Å². The van der Waals surface area contributed by atoms with Gasteiger partial charge < -0.3 is 4.90 Å². The molecule has 1 rings (SSSR count). The summed E-state index contributed by atoms with van der Waals surface area (Å²) in [5.74, 6) is -0.0493. The average Bonchev–Trinajstić information content (AvgIpc) is 2.37. The van der Waals surface area contributed by atoms with Gasteiger partial charge in [-0.15, -0.1) is 0 Å². The molecular formula is C12H22N2O3. The summed E-state index contributed by atoms with van der Waals surface area (Å²) in [7, 11) is 3.04. The molecule has 1 atom stereocenters. The van der Waals surface area contributed by atoms with E-state index in [1.54, 1.807) is 11.9 Å². The normalized spacial score (nSPS) is 20.2. The molecule has 5 nitrogen and oxygen atoms in total. The third-order valence-corrected chi connectivity index (χ3v) is 3.16.